The van der Waals surface area contributed by atoms with E-state index < -0.39 is 6.10 Å². The number of benzene rings is 1. The van der Waals surface area contributed by atoms with Crippen molar-refractivity contribution in [1.82, 2.24) is 4.90 Å². The average molecular weight is 349 g/mol. The molecule has 1 fully saturated rings. The topological polar surface area (TPSA) is 76.1 Å². The maximum Gasteiger partial charge on any atom is 0.229 e. The second kappa shape index (κ2) is 8.34. The maximum atomic E-state index is 12.2. The fourth-order valence-electron chi connectivity index (χ4n) is 2.83. The molecule has 25 heavy (non-hydrogen) atoms. The van der Waals surface area contributed by atoms with E-state index in [1.807, 2.05) is 20.8 Å². The van der Waals surface area contributed by atoms with E-state index in [9.17, 15) is 14.7 Å². The minimum absolute atomic E-state index is 0.0100. The highest BCUT2D eigenvalue weighted by Gasteiger charge is 2.39. The van der Waals surface area contributed by atoms with Crippen molar-refractivity contribution in [3.63, 3.8) is 0 Å². The first-order valence-electron chi connectivity index (χ1n) is 8.74. The fourth-order valence-corrected chi connectivity index (χ4v) is 2.83. The molecule has 1 N–H and O–H groups in total. The Morgan fingerprint density at radius 2 is 1.60 bits per heavy atom. The molecule has 0 radical (unpaired) electrons. The first-order valence-corrected chi connectivity index (χ1v) is 8.74. The molecule has 0 aliphatic carbocycles. The summed E-state index contributed by atoms with van der Waals surface area (Å²) in [6.07, 6.45) is 0.524. The van der Waals surface area contributed by atoms with Gasteiger partial charge in [-0.1, -0.05) is 13.8 Å². The number of imide groups is 1. The molecule has 1 heterocycles. The minimum atomic E-state index is -0.926. The monoisotopic (exact) mass is 349 g/mol. The zero-order chi connectivity index (χ0) is 18.4. The summed E-state index contributed by atoms with van der Waals surface area (Å²) in [6.45, 7) is 6.41. The van der Waals surface area contributed by atoms with Crippen LogP contribution in [0.2, 0.25) is 0 Å². The van der Waals surface area contributed by atoms with Gasteiger partial charge in [0.05, 0.1) is 13.2 Å². The summed E-state index contributed by atoms with van der Waals surface area (Å²) < 4.78 is 10.9. The van der Waals surface area contributed by atoms with Crippen LogP contribution in [0.25, 0.3) is 0 Å². The molecule has 0 saturated carbocycles. The molecule has 0 bridgehead atoms. The van der Waals surface area contributed by atoms with E-state index in [2.05, 4.69) is 0 Å². The van der Waals surface area contributed by atoms with Gasteiger partial charge in [0.2, 0.25) is 11.8 Å². The Morgan fingerprint density at radius 3 is 2.08 bits per heavy atom. The van der Waals surface area contributed by atoms with Crippen LogP contribution in [0, 0.1) is 5.41 Å². The Kier molecular flexibility index (Phi) is 6.42. The van der Waals surface area contributed by atoms with Crippen LogP contribution in [0.3, 0.4) is 0 Å². The molecule has 2 amide bonds. The summed E-state index contributed by atoms with van der Waals surface area (Å²) in [4.78, 5) is 25.6. The number of carbonyl (C=O) groups excluding carboxylic acids is 2. The summed E-state index contributed by atoms with van der Waals surface area (Å²) in [5, 5.41) is 10.1. The van der Waals surface area contributed by atoms with Gasteiger partial charge in [-0.05, 0) is 43.0 Å². The van der Waals surface area contributed by atoms with Gasteiger partial charge in [-0.3, -0.25) is 14.5 Å². The van der Waals surface area contributed by atoms with Gasteiger partial charge in [0.15, 0.2) is 0 Å². The number of likely N-dealkylation sites (tertiary alicyclic amines) is 1. The molecule has 1 aromatic rings. The molecule has 1 aliphatic heterocycles. The number of nitrogens with zero attached hydrogens (tertiary/aromatic N) is 1. The smallest absolute Gasteiger partial charge is 0.229 e. The average Bonchev–Trinajstić information content (AvgIpc) is 2.58. The summed E-state index contributed by atoms with van der Waals surface area (Å²) in [5.74, 6) is 0.901. The number of rotatable bonds is 8. The van der Waals surface area contributed by atoms with Crippen LogP contribution in [-0.4, -0.2) is 47.7 Å². The maximum absolute atomic E-state index is 12.2. The van der Waals surface area contributed by atoms with E-state index in [0.717, 1.165) is 17.1 Å². The zero-order valence-electron chi connectivity index (χ0n) is 15.2. The molecule has 1 saturated heterocycles. The third-order valence-corrected chi connectivity index (χ3v) is 4.58. The lowest BCUT2D eigenvalue weighted by Gasteiger charge is -2.37. The van der Waals surface area contributed by atoms with Crippen LogP contribution in [0.4, 0.5) is 0 Å². The van der Waals surface area contributed by atoms with Crippen molar-refractivity contribution in [2.24, 2.45) is 5.41 Å². The predicted octanol–water partition coefficient (Wildman–Crippen LogP) is 2.39. The molecule has 1 atom stereocenters. The van der Waals surface area contributed by atoms with Gasteiger partial charge >= 0.3 is 0 Å². The summed E-state index contributed by atoms with van der Waals surface area (Å²) in [5.41, 5.74) is -0.269. The van der Waals surface area contributed by atoms with Crippen molar-refractivity contribution in [2.75, 3.05) is 19.8 Å². The third kappa shape index (κ3) is 5.19. The summed E-state index contributed by atoms with van der Waals surface area (Å²) in [6, 6.07) is 7.08. The molecule has 6 nitrogen and oxygen atoms in total. The van der Waals surface area contributed by atoms with Gasteiger partial charge < -0.3 is 14.6 Å². The van der Waals surface area contributed by atoms with Crippen LogP contribution in [0.15, 0.2) is 24.3 Å². The number of hydrogen-bond donors (Lipinski definition) is 1. The Balaban J connectivity index is 1.84. The minimum Gasteiger partial charge on any atom is -0.494 e. The highest BCUT2D eigenvalue weighted by molar-refractivity contribution is 5.98. The standard InChI is InChI=1S/C19H27NO5/c1-4-19(3)10-17(22)20(18(23)11-19)12-14(21)13-25-16-8-6-15(7-9-16)24-5-2/h6-9,14,21H,4-5,10-13H2,1-3H3. The number of aliphatic hydroxyl groups is 1. The first-order chi connectivity index (χ1) is 11.9. The van der Waals surface area contributed by atoms with Crippen LogP contribution < -0.4 is 9.47 Å². The number of β-amino-alcohol motifs (C(OH)–C–C–N with tert-alkyl or cyclic N) is 1. The third-order valence-electron chi connectivity index (χ3n) is 4.58. The number of ether oxygens (including phenoxy) is 2. The molecule has 0 aromatic heterocycles. The fraction of sp³-hybridized carbons (Fsp3) is 0.579. The van der Waals surface area contributed by atoms with Crippen LogP contribution in [-0.2, 0) is 9.59 Å². The quantitative estimate of drug-likeness (QED) is 0.729. The second-order valence-electron chi connectivity index (χ2n) is 6.79. The lowest BCUT2D eigenvalue weighted by atomic mass is 9.77. The van der Waals surface area contributed by atoms with E-state index in [1.165, 1.54) is 0 Å². The predicted molar refractivity (Wildman–Crippen MR) is 93.5 cm³/mol. The van der Waals surface area contributed by atoms with Gasteiger partial charge in [-0.2, -0.15) is 0 Å². The molecule has 1 aliphatic rings. The van der Waals surface area contributed by atoms with Crippen molar-refractivity contribution in [2.45, 2.75) is 46.1 Å². The zero-order valence-corrected chi connectivity index (χ0v) is 15.2. The number of hydrogen-bond acceptors (Lipinski definition) is 5. The Hall–Kier alpha value is -2.08. The normalized spacial score (nSPS) is 18.2. The van der Waals surface area contributed by atoms with Crippen LogP contribution >= 0.6 is 0 Å². The molecular formula is C19H27NO5. The molecule has 138 valence electrons. The van der Waals surface area contributed by atoms with E-state index in [-0.39, 0.29) is 30.4 Å². The van der Waals surface area contributed by atoms with Crippen molar-refractivity contribution < 1.29 is 24.2 Å². The van der Waals surface area contributed by atoms with Gasteiger partial charge in [-0.25, -0.2) is 0 Å². The molecule has 1 aromatic carbocycles. The SMILES string of the molecule is CCOc1ccc(OCC(O)CN2C(=O)CC(C)(CC)CC2=O)cc1. The lowest BCUT2D eigenvalue weighted by Crippen LogP contribution is -2.50. The Labute approximate surface area is 148 Å². The second-order valence-corrected chi connectivity index (χ2v) is 6.79. The number of amides is 2. The van der Waals surface area contributed by atoms with Crippen LogP contribution in [0.1, 0.15) is 40.0 Å². The highest BCUT2D eigenvalue weighted by atomic mass is 16.5. The van der Waals surface area contributed by atoms with Crippen molar-refractivity contribution in [3.8, 4) is 11.5 Å². The van der Waals surface area contributed by atoms with Crippen LogP contribution in [0.5, 0.6) is 11.5 Å². The highest BCUT2D eigenvalue weighted by Crippen LogP contribution is 2.35. The largest absolute Gasteiger partial charge is 0.494 e. The molecule has 6 heteroatoms. The van der Waals surface area contributed by atoms with Crippen molar-refractivity contribution >= 4 is 11.8 Å². The van der Waals surface area contributed by atoms with Gasteiger partial charge in [0, 0.05) is 12.8 Å². The van der Waals surface area contributed by atoms with Crippen molar-refractivity contribution in [3.05, 3.63) is 24.3 Å². The summed E-state index contributed by atoms with van der Waals surface area (Å²) in [7, 11) is 0. The van der Waals surface area contributed by atoms with Gasteiger partial charge in [-0.15, -0.1) is 0 Å². The Morgan fingerprint density at radius 1 is 1.08 bits per heavy atom. The molecule has 1 unspecified atom stereocenters. The van der Waals surface area contributed by atoms with E-state index in [0.29, 0.717) is 25.2 Å². The van der Waals surface area contributed by atoms with E-state index in [4.69, 9.17) is 9.47 Å². The Bertz CT molecular complexity index is 580. The number of carbonyl (C=O) groups is 2. The van der Waals surface area contributed by atoms with E-state index >= 15 is 0 Å². The number of piperidine rings is 1. The van der Waals surface area contributed by atoms with E-state index in [1.54, 1.807) is 24.3 Å². The lowest BCUT2D eigenvalue weighted by molar-refractivity contribution is -0.155. The van der Waals surface area contributed by atoms with Gasteiger partial charge in [0.25, 0.3) is 0 Å². The molecule has 0 spiro atoms. The van der Waals surface area contributed by atoms with Gasteiger partial charge in [0.1, 0.15) is 24.2 Å². The van der Waals surface area contributed by atoms with Crippen molar-refractivity contribution in [1.29, 1.82) is 0 Å². The molecular weight excluding hydrogens is 322 g/mol. The first kappa shape index (κ1) is 19.2. The molecule has 2 rings (SSSR count). The summed E-state index contributed by atoms with van der Waals surface area (Å²) >= 11 is 0. The number of aliphatic hydroxyl groups excluding tert-OH is 1.